The predicted octanol–water partition coefficient (Wildman–Crippen LogP) is 2.40. The summed E-state index contributed by atoms with van der Waals surface area (Å²) in [5.41, 5.74) is 3.40. The second kappa shape index (κ2) is 32.6. The van der Waals surface area contributed by atoms with Crippen LogP contribution in [0, 0.1) is 10.8 Å². The van der Waals surface area contributed by atoms with Gasteiger partial charge in [0, 0.05) is 18.3 Å². The van der Waals surface area contributed by atoms with Crippen LogP contribution in [-0.4, -0.2) is 117 Å². The maximum Gasteiger partial charge on any atom is 0.332 e. The number of hydrogen-bond acceptors (Lipinski definition) is 19. The molecule has 0 aliphatic carbocycles. The van der Waals surface area contributed by atoms with E-state index in [1.165, 1.54) is 40.7 Å². The first-order valence-corrected chi connectivity index (χ1v) is 19.0. The molecule has 19 heteroatoms. The molecule has 0 unspecified atom stereocenters. The molecule has 0 fully saturated rings. The van der Waals surface area contributed by atoms with Gasteiger partial charge in [0.05, 0.1) is 10.8 Å². The minimum absolute atomic E-state index is 0.182. The normalized spacial score (nSPS) is 10.8. The van der Waals surface area contributed by atoms with E-state index in [0.717, 1.165) is 6.54 Å². The lowest BCUT2D eigenvalue weighted by Gasteiger charge is -2.31. The van der Waals surface area contributed by atoms with E-state index in [1.807, 2.05) is 13.8 Å². The van der Waals surface area contributed by atoms with E-state index in [2.05, 4.69) is 5.32 Å². The molecule has 336 valence electrons. The minimum atomic E-state index is -1.06. The number of hydrogen-bond donors (Lipinski definition) is 2. The summed E-state index contributed by atoms with van der Waals surface area (Å²) < 4.78 is 30.7. The van der Waals surface area contributed by atoms with Gasteiger partial charge in [0.2, 0.25) is 0 Å². The molecule has 0 aliphatic rings. The first-order valence-electron chi connectivity index (χ1n) is 19.0. The Bertz CT molecular complexity index is 1360. The molecule has 0 heterocycles. The van der Waals surface area contributed by atoms with Gasteiger partial charge in [-0.1, -0.05) is 20.8 Å². The lowest BCUT2D eigenvalue weighted by Crippen LogP contribution is -2.39. The number of ketones is 5. The molecule has 0 amide bonds. The van der Waals surface area contributed by atoms with Crippen molar-refractivity contribution in [3.8, 4) is 0 Å². The Kier molecular flexibility index (Phi) is 32.0. The topological polar surface area (TPSA) is 281 Å². The number of ether oxygens (including phenoxy) is 6. The van der Waals surface area contributed by atoms with E-state index >= 15 is 0 Å². The Labute approximate surface area is 346 Å². The Morgan fingerprint density at radius 2 is 0.661 bits per heavy atom. The highest BCUT2D eigenvalue weighted by Gasteiger charge is 2.36. The SMILES string of the molecule is CCC(COC(=O)CC(C)=O)(COC(=O)CC(C)=O)COC(=O)CC(C)=O.CCN.CCN/C(C)=C\C(=O)OCC(CC)(COC(=O)CC(C)=O)COC(=O)CC(C)=O. The van der Waals surface area contributed by atoms with Gasteiger partial charge in [0.25, 0.3) is 0 Å². The Hall–Kier alpha value is -5.33. The molecule has 0 aromatic rings. The van der Waals surface area contributed by atoms with E-state index in [1.54, 1.807) is 20.8 Å². The molecular formula is C40H64N2O17. The number of allylic oxidation sites excluding steroid dienone is 1. The number of rotatable bonds is 27. The van der Waals surface area contributed by atoms with E-state index in [0.29, 0.717) is 25.1 Å². The molecule has 0 bridgehead atoms. The molecule has 0 rings (SSSR count). The lowest BCUT2D eigenvalue weighted by atomic mass is 9.88. The molecule has 0 spiro atoms. The maximum absolute atomic E-state index is 12.0. The third-order valence-electron chi connectivity index (χ3n) is 7.47. The Balaban J connectivity index is -0.000000998. The summed E-state index contributed by atoms with van der Waals surface area (Å²) in [6, 6.07) is 0. The zero-order chi connectivity index (χ0) is 46.2. The average molecular weight is 845 g/mol. The molecule has 3 N–H and O–H groups in total. The first kappa shape index (κ1) is 58.0. The van der Waals surface area contributed by atoms with Gasteiger partial charge in [-0.3, -0.25) is 47.9 Å². The largest absolute Gasteiger partial charge is 0.464 e. The fourth-order valence-electron chi connectivity index (χ4n) is 4.07. The third-order valence-corrected chi connectivity index (χ3v) is 7.47. The van der Waals surface area contributed by atoms with Gasteiger partial charge in [-0.25, -0.2) is 4.79 Å². The monoisotopic (exact) mass is 844 g/mol. The van der Waals surface area contributed by atoms with Crippen molar-refractivity contribution in [2.75, 3.05) is 52.7 Å². The van der Waals surface area contributed by atoms with Crippen LogP contribution in [0.15, 0.2) is 11.8 Å². The van der Waals surface area contributed by atoms with Crippen molar-refractivity contribution >= 4 is 64.7 Å². The number of nitrogens with two attached hydrogens (primary N) is 1. The minimum Gasteiger partial charge on any atom is -0.464 e. The molecule has 0 radical (unpaired) electrons. The highest BCUT2D eigenvalue weighted by Crippen LogP contribution is 2.26. The van der Waals surface area contributed by atoms with Crippen molar-refractivity contribution in [2.24, 2.45) is 16.6 Å². The molecule has 0 aromatic carbocycles. The number of esters is 6. The summed E-state index contributed by atoms with van der Waals surface area (Å²) >= 11 is 0. The van der Waals surface area contributed by atoms with Crippen LogP contribution >= 0.6 is 0 Å². The van der Waals surface area contributed by atoms with Gasteiger partial charge >= 0.3 is 35.8 Å². The molecule has 19 nitrogen and oxygen atoms in total. The van der Waals surface area contributed by atoms with Crippen molar-refractivity contribution in [1.29, 1.82) is 0 Å². The van der Waals surface area contributed by atoms with Gasteiger partial charge in [0.15, 0.2) is 0 Å². The van der Waals surface area contributed by atoms with Crippen LogP contribution in [0.2, 0.25) is 0 Å². The van der Waals surface area contributed by atoms with E-state index in [4.69, 9.17) is 34.2 Å². The van der Waals surface area contributed by atoms with Crippen LogP contribution in [0.25, 0.3) is 0 Å². The summed E-state index contributed by atoms with van der Waals surface area (Å²) in [4.78, 5) is 125. The molecule has 0 saturated heterocycles. The molecule has 0 aromatic heterocycles. The first-order chi connectivity index (χ1) is 27.4. The Morgan fingerprint density at radius 1 is 0.441 bits per heavy atom. The van der Waals surface area contributed by atoms with Gasteiger partial charge in [0.1, 0.15) is 101 Å². The van der Waals surface area contributed by atoms with Crippen LogP contribution in [-0.2, 0) is 81.2 Å². The fraction of sp³-hybridized carbons (Fsp3) is 0.675. The van der Waals surface area contributed by atoms with Crippen LogP contribution in [0.4, 0.5) is 0 Å². The summed E-state index contributed by atoms with van der Waals surface area (Å²) in [6.45, 7) is 15.2. The zero-order valence-corrected chi connectivity index (χ0v) is 36.2. The van der Waals surface area contributed by atoms with Gasteiger partial charge in [-0.2, -0.15) is 0 Å². The van der Waals surface area contributed by atoms with Gasteiger partial charge in [-0.15, -0.1) is 0 Å². The number of carbonyl (C=O) groups is 11. The molecule has 0 saturated carbocycles. The van der Waals surface area contributed by atoms with Crippen molar-refractivity contribution in [3.63, 3.8) is 0 Å². The second-order valence-electron chi connectivity index (χ2n) is 13.8. The highest BCUT2D eigenvalue weighted by atomic mass is 16.6. The predicted molar refractivity (Wildman–Crippen MR) is 210 cm³/mol. The number of Topliss-reactive ketones (excluding diaryl/α,β-unsaturated/α-hetero) is 5. The maximum atomic E-state index is 12.0. The van der Waals surface area contributed by atoms with Crippen LogP contribution in [0.3, 0.4) is 0 Å². The quantitative estimate of drug-likeness (QED) is 0.0519. The third kappa shape index (κ3) is 33.4. The summed E-state index contributed by atoms with van der Waals surface area (Å²) in [6.07, 6.45) is -0.0653. The van der Waals surface area contributed by atoms with E-state index < -0.39 is 65.9 Å². The van der Waals surface area contributed by atoms with Crippen molar-refractivity contribution in [1.82, 2.24) is 5.32 Å². The molecular weight excluding hydrogens is 780 g/mol. The van der Waals surface area contributed by atoms with Crippen LogP contribution in [0.5, 0.6) is 0 Å². The van der Waals surface area contributed by atoms with Crippen molar-refractivity contribution in [3.05, 3.63) is 11.8 Å². The number of nitrogens with one attached hydrogen (secondary N) is 1. The van der Waals surface area contributed by atoms with Gasteiger partial charge in [-0.05, 0) is 67.9 Å². The standard InChI is InChI=1S/C20H31NO8.C18H26O9.C2H7N/c1-6-20(12-28-18(25)9-15(4)22,13-29-19(26)10-16(5)23)11-27-17(24)8-14(3)21-7-2;1-5-18(9-25-15(22)6-12(2)19,10-26-16(23)7-13(3)20)11-27-17(24)8-14(4)21;1-2-3/h8,21H,6-7,9-13H2,1-5H3;5-11H2,1-4H3;2-3H2,1H3/b14-8-;;. The fourth-order valence-corrected chi connectivity index (χ4v) is 4.07. The van der Waals surface area contributed by atoms with E-state index in [9.17, 15) is 52.7 Å². The molecule has 59 heavy (non-hydrogen) atoms. The summed E-state index contributed by atoms with van der Waals surface area (Å²) in [5, 5.41) is 2.96. The average Bonchev–Trinajstić information content (AvgIpc) is 3.10. The summed E-state index contributed by atoms with van der Waals surface area (Å²) in [5.74, 6) is -6.14. The van der Waals surface area contributed by atoms with E-state index in [-0.39, 0.29) is 81.4 Å². The van der Waals surface area contributed by atoms with Crippen molar-refractivity contribution in [2.45, 2.75) is 114 Å². The Morgan fingerprint density at radius 3 is 0.847 bits per heavy atom. The van der Waals surface area contributed by atoms with Crippen LogP contribution < -0.4 is 11.1 Å². The molecule has 0 atom stereocenters. The van der Waals surface area contributed by atoms with Crippen LogP contribution in [0.1, 0.15) is 114 Å². The number of carbonyl (C=O) groups excluding carboxylic acids is 11. The lowest BCUT2D eigenvalue weighted by molar-refractivity contribution is -0.165. The zero-order valence-electron chi connectivity index (χ0n) is 36.2. The smallest absolute Gasteiger partial charge is 0.332 e. The summed E-state index contributed by atoms with van der Waals surface area (Å²) in [7, 11) is 0. The van der Waals surface area contributed by atoms with Gasteiger partial charge < -0.3 is 39.5 Å². The molecule has 0 aliphatic heterocycles. The highest BCUT2D eigenvalue weighted by molar-refractivity contribution is 5.96. The van der Waals surface area contributed by atoms with Crippen molar-refractivity contribution < 1.29 is 81.2 Å². The second-order valence-corrected chi connectivity index (χ2v) is 13.8.